The van der Waals surface area contributed by atoms with E-state index in [4.69, 9.17) is 0 Å². The molecular weight excluding hydrogens is 320 g/mol. The third kappa shape index (κ3) is 4.11. The molecule has 1 aromatic carbocycles. The van der Waals surface area contributed by atoms with Crippen LogP contribution in [-0.2, 0) is 6.42 Å². The smallest absolute Gasteiger partial charge is 0.269 e. The Kier molecular flexibility index (Phi) is 5.23. The second-order valence-electron chi connectivity index (χ2n) is 6.33. The number of hydrogen-bond donors (Lipinski definition) is 2. The molecule has 7 heteroatoms. The van der Waals surface area contributed by atoms with Gasteiger partial charge < -0.3 is 10.4 Å². The Balaban J connectivity index is 1.87. The number of nitro groups is 1. The van der Waals surface area contributed by atoms with Crippen molar-refractivity contribution in [3.05, 3.63) is 46.1 Å². The summed E-state index contributed by atoms with van der Waals surface area (Å²) in [5.74, 6) is 1.22. The minimum Gasteiger partial charge on any atom is -0.391 e. The van der Waals surface area contributed by atoms with Gasteiger partial charge in [0, 0.05) is 29.5 Å². The number of nitrogens with one attached hydrogen (secondary N) is 1. The highest BCUT2D eigenvalue weighted by Crippen LogP contribution is 2.25. The molecule has 3 rings (SSSR count). The number of rotatable bonds is 5. The topological polar surface area (TPSA) is 101 Å². The molecule has 1 fully saturated rings. The van der Waals surface area contributed by atoms with Gasteiger partial charge in [-0.15, -0.1) is 0 Å². The van der Waals surface area contributed by atoms with Crippen molar-refractivity contribution in [3.63, 3.8) is 0 Å². The molecule has 25 heavy (non-hydrogen) atoms. The molecule has 1 heterocycles. The number of aryl methyl sites for hydroxylation is 1. The number of aliphatic hydroxyl groups excluding tert-OH is 1. The van der Waals surface area contributed by atoms with Crippen LogP contribution in [0.5, 0.6) is 0 Å². The minimum atomic E-state index is -0.426. The first-order valence-electron chi connectivity index (χ1n) is 8.64. The highest BCUT2D eigenvalue weighted by atomic mass is 16.6. The summed E-state index contributed by atoms with van der Waals surface area (Å²) in [6.07, 6.45) is 4.26. The Morgan fingerprint density at radius 3 is 2.60 bits per heavy atom. The summed E-state index contributed by atoms with van der Waals surface area (Å²) in [6, 6.07) is 8.12. The molecule has 0 aliphatic heterocycles. The molecule has 2 aromatic rings. The van der Waals surface area contributed by atoms with Gasteiger partial charge in [0.05, 0.1) is 17.1 Å². The van der Waals surface area contributed by atoms with Gasteiger partial charge in [0.15, 0.2) is 5.82 Å². The average molecular weight is 342 g/mol. The summed E-state index contributed by atoms with van der Waals surface area (Å²) in [6.45, 7) is 2.02. The molecule has 2 N–H and O–H groups in total. The maximum atomic E-state index is 10.8. The molecule has 1 aliphatic carbocycles. The van der Waals surface area contributed by atoms with E-state index in [-0.39, 0.29) is 17.8 Å². The van der Waals surface area contributed by atoms with Crippen LogP contribution in [0.25, 0.3) is 11.4 Å². The molecule has 0 unspecified atom stereocenters. The lowest BCUT2D eigenvalue weighted by Crippen LogP contribution is -2.36. The largest absolute Gasteiger partial charge is 0.391 e. The van der Waals surface area contributed by atoms with Crippen LogP contribution in [0.15, 0.2) is 30.3 Å². The van der Waals surface area contributed by atoms with Crippen molar-refractivity contribution in [3.8, 4) is 11.4 Å². The van der Waals surface area contributed by atoms with Gasteiger partial charge in [0.2, 0.25) is 0 Å². The summed E-state index contributed by atoms with van der Waals surface area (Å²) in [7, 11) is 0. The van der Waals surface area contributed by atoms with Crippen molar-refractivity contribution in [1.29, 1.82) is 0 Å². The van der Waals surface area contributed by atoms with Gasteiger partial charge in [-0.2, -0.15) is 0 Å². The maximum absolute atomic E-state index is 10.8. The third-order valence-electron chi connectivity index (χ3n) is 4.54. The molecule has 1 aliphatic rings. The normalized spacial score (nSPS) is 20.2. The van der Waals surface area contributed by atoms with Crippen molar-refractivity contribution >= 4 is 11.5 Å². The standard InChI is InChI=1S/C18H22N4O3/c1-2-13-11-17(20-15-5-3-4-6-16(15)23)21-18(19-13)12-7-9-14(10-8-12)22(24)25/h7-11,15-16,23H,2-6H2,1H3,(H,19,20,21)/t15-,16-/m0/s1. The van der Waals surface area contributed by atoms with Gasteiger partial charge in [-0.25, -0.2) is 9.97 Å². The Bertz CT molecular complexity index is 748. The highest BCUT2D eigenvalue weighted by molar-refractivity contribution is 5.59. The Morgan fingerprint density at radius 1 is 1.24 bits per heavy atom. The van der Waals surface area contributed by atoms with Gasteiger partial charge in [-0.1, -0.05) is 19.8 Å². The lowest BCUT2D eigenvalue weighted by Gasteiger charge is -2.29. The zero-order valence-electron chi connectivity index (χ0n) is 14.2. The first kappa shape index (κ1) is 17.3. The summed E-state index contributed by atoms with van der Waals surface area (Å²) in [4.78, 5) is 19.4. The molecule has 1 saturated carbocycles. The molecule has 0 saturated heterocycles. The third-order valence-corrected chi connectivity index (χ3v) is 4.54. The fraction of sp³-hybridized carbons (Fsp3) is 0.444. The number of non-ortho nitro benzene ring substituents is 1. The van der Waals surface area contributed by atoms with Crippen molar-refractivity contribution in [2.24, 2.45) is 0 Å². The van der Waals surface area contributed by atoms with E-state index >= 15 is 0 Å². The van der Waals surface area contributed by atoms with E-state index in [1.807, 2.05) is 13.0 Å². The quantitative estimate of drug-likeness (QED) is 0.638. The molecule has 1 aromatic heterocycles. The Hall–Kier alpha value is -2.54. The van der Waals surface area contributed by atoms with Crippen LogP contribution in [-0.4, -0.2) is 32.1 Å². The molecule has 0 bridgehead atoms. The van der Waals surface area contributed by atoms with E-state index in [0.29, 0.717) is 11.6 Å². The fourth-order valence-corrected chi connectivity index (χ4v) is 3.08. The first-order chi connectivity index (χ1) is 12.1. The highest BCUT2D eigenvalue weighted by Gasteiger charge is 2.23. The van der Waals surface area contributed by atoms with Crippen LogP contribution < -0.4 is 5.32 Å². The SMILES string of the molecule is CCc1cc(N[C@H]2CCCC[C@@H]2O)nc(-c2ccc([N+](=O)[O-])cc2)n1. The van der Waals surface area contributed by atoms with Crippen LogP contribution in [0, 0.1) is 10.1 Å². The predicted octanol–water partition coefficient (Wildman–Crippen LogP) is 3.33. The zero-order valence-corrected chi connectivity index (χ0v) is 14.2. The minimum absolute atomic E-state index is 0.00179. The van der Waals surface area contributed by atoms with Crippen LogP contribution in [0.1, 0.15) is 38.3 Å². The Labute approximate surface area is 146 Å². The van der Waals surface area contributed by atoms with E-state index in [1.165, 1.54) is 12.1 Å². The van der Waals surface area contributed by atoms with E-state index < -0.39 is 4.92 Å². The fourth-order valence-electron chi connectivity index (χ4n) is 3.08. The number of benzene rings is 1. The summed E-state index contributed by atoms with van der Waals surface area (Å²) in [5.41, 5.74) is 1.66. The molecule has 7 nitrogen and oxygen atoms in total. The lowest BCUT2D eigenvalue weighted by molar-refractivity contribution is -0.384. The number of aromatic nitrogens is 2. The monoisotopic (exact) mass is 342 g/mol. The van der Waals surface area contributed by atoms with Crippen LogP contribution in [0.4, 0.5) is 11.5 Å². The maximum Gasteiger partial charge on any atom is 0.269 e. The van der Waals surface area contributed by atoms with Crippen molar-refractivity contribution in [1.82, 2.24) is 9.97 Å². The summed E-state index contributed by atoms with van der Waals surface area (Å²) >= 11 is 0. The molecule has 0 amide bonds. The molecule has 0 radical (unpaired) electrons. The van der Waals surface area contributed by atoms with Gasteiger partial charge in [-0.3, -0.25) is 10.1 Å². The van der Waals surface area contributed by atoms with E-state index in [0.717, 1.165) is 43.4 Å². The number of aliphatic hydroxyl groups is 1. The summed E-state index contributed by atoms with van der Waals surface area (Å²) < 4.78 is 0. The second kappa shape index (κ2) is 7.57. The van der Waals surface area contributed by atoms with E-state index in [2.05, 4.69) is 15.3 Å². The summed E-state index contributed by atoms with van der Waals surface area (Å²) in [5, 5.41) is 24.3. The van der Waals surface area contributed by atoms with Gasteiger partial charge in [0.1, 0.15) is 5.82 Å². The predicted molar refractivity (Wildman–Crippen MR) is 95.4 cm³/mol. The second-order valence-corrected chi connectivity index (χ2v) is 6.33. The van der Waals surface area contributed by atoms with Gasteiger partial charge in [0.25, 0.3) is 5.69 Å². The zero-order chi connectivity index (χ0) is 17.8. The van der Waals surface area contributed by atoms with E-state index in [1.54, 1.807) is 12.1 Å². The van der Waals surface area contributed by atoms with Gasteiger partial charge >= 0.3 is 0 Å². The van der Waals surface area contributed by atoms with Crippen molar-refractivity contribution < 1.29 is 10.0 Å². The number of anilines is 1. The van der Waals surface area contributed by atoms with Crippen LogP contribution in [0.3, 0.4) is 0 Å². The molecule has 132 valence electrons. The first-order valence-corrected chi connectivity index (χ1v) is 8.64. The van der Waals surface area contributed by atoms with Crippen molar-refractivity contribution in [2.75, 3.05) is 5.32 Å². The lowest BCUT2D eigenvalue weighted by atomic mass is 9.92. The van der Waals surface area contributed by atoms with Crippen molar-refractivity contribution in [2.45, 2.75) is 51.2 Å². The number of nitrogens with zero attached hydrogens (tertiary/aromatic N) is 3. The van der Waals surface area contributed by atoms with Crippen LogP contribution >= 0.6 is 0 Å². The molecular formula is C18H22N4O3. The average Bonchev–Trinajstić information content (AvgIpc) is 2.63. The number of nitro benzene ring substituents is 1. The molecule has 0 spiro atoms. The number of hydrogen-bond acceptors (Lipinski definition) is 6. The van der Waals surface area contributed by atoms with Crippen LogP contribution in [0.2, 0.25) is 0 Å². The van der Waals surface area contributed by atoms with Gasteiger partial charge in [-0.05, 0) is 31.4 Å². The van der Waals surface area contributed by atoms with E-state index in [9.17, 15) is 15.2 Å². The molecule has 2 atom stereocenters. The Morgan fingerprint density at radius 2 is 1.96 bits per heavy atom.